The zero-order valence-electron chi connectivity index (χ0n) is 12.5. The molecule has 0 saturated carbocycles. The summed E-state index contributed by atoms with van der Waals surface area (Å²) in [7, 11) is 1.79. The van der Waals surface area contributed by atoms with Gasteiger partial charge in [-0.15, -0.1) is 0 Å². The number of hydrogen-bond acceptors (Lipinski definition) is 1. The topological polar surface area (TPSA) is 12.2 Å². The maximum atomic E-state index is 5.46. The minimum absolute atomic E-state index is 0.394. The summed E-state index contributed by atoms with van der Waals surface area (Å²) < 4.78 is 7.90. The summed E-state index contributed by atoms with van der Waals surface area (Å²) >= 11 is 0. The van der Waals surface area contributed by atoms with Gasteiger partial charge in [0.2, 0.25) is 0 Å². The van der Waals surface area contributed by atoms with E-state index in [1.165, 1.54) is 16.7 Å². The normalized spacial score (nSPS) is 15.2. The van der Waals surface area contributed by atoms with E-state index < -0.39 is 0 Å². The zero-order valence-corrected chi connectivity index (χ0v) is 12.5. The van der Waals surface area contributed by atoms with Gasteiger partial charge >= 0.3 is 0 Å². The number of ether oxygens (including phenoxy) is 1. The molecule has 0 radical (unpaired) electrons. The largest absolute Gasteiger partial charge is 0.378 e. The molecule has 0 saturated heterocycles. The molecule has 0 bridgehead atoms. The van der Waals surface area contributed by atoms with Crippen molar-refractivity contribution in [3.63, 3.8) is 0 Å². The van der Waals surface area contributed by atoms with Crippen LogP contribution in [0, 0.1) is 0 Å². The standard InChI is InChI=1S/C19H22NO/c1-21-15-19(13-16-7-3-2-4-8-16)20-12-11-17-9-5-6-10-18(17)14-20/h2-10,14,19H,11-13,15H2,1H3/q+1/t19-/m0/s1. The smallest absolute Gasteiger partial charge is 0.179 e. The molecule has 1 heterocycles. The minimum atomic E-state index is 0.394. The quantitative estimate of drug-likeness (QED) is 0.767. The van der Waals surface area contributed by atoms with Crippen molar-refractivity contribution < 1.29 is 9.31 Å². The first kappa shape index (κ1) is 14.0. The first-order chi connectivity index (χ1) is 10.4. The minimum Gasteiger partial charge on any atom is -0.378 e. The van der Waals surface area contributed by atoms with Gasteiger partial charge in [0.05, 0.1) is 0 Å². The summed E-state index contributed by atoms with van der Waals surface area (Å²) in [6.07, 6.45) is 4.43. The average Bonchev–Trinajstić information content (AvgIpc) is 2.55. The Morgan fingerprint density at radius 1 is 1.05 bits per heavy atom. The number of hydrogen-bond donors (Lipinski definition) is 0. The molecule has 0 amide bonds. The van der Waals surface area contributed by atoms with E-state index in [9.17, 15) is 0 Å². The Bertz CT molecular complexity index is 618. The molecule has 0 N–H and O–H groups in total. The van der Waals surface area contributed by atoms with Gasteiger partial charge in [0, 0.05) is 25.5 Å². The fourth-order valence-corrected chi connectivity index (χ4v) is 3.02. The molecule has 0 spiro atoms. The van der Waals surface area contributed by atoms with E-state index in [0.717, 1.165) is 26.0 Å². The molecule has 1 atom stereocenters. The van der Waals surface area contributed by atoms with Gasteiger partial charge in [-0.25, -0.2) is 4.58 Å². The number of benzene rings is 2. The summed E-state index contributed by atoms with van der Waals surface area (Å²) in [6, 6.07) is 19.7. The van der Waals surface area contributed by atoms with E-state index in [4.69, 9.17) is 4.74 Å². The van der Waals surface area contributed by atoms with Crippen LogP contribution in [0.1, 0.15) is 16.7 Å². The van der Waals surface area contributed by atoms with E-state index in [1.807, 2.05) is 0 Å². The molecule has 0 aromatic heterocycles. The predicted molar refractivity (Wildman–Crippen MR) is 86.2 cm³/mol. The van der Waals surface area contributed by atoms with E-state index in [2.05, 4.69) is 65.4 Å². The fraction of sp³-hybridized carbons (Fsp3) is 0.316. The Kier molecular flexibility index (Phi) is 4.46. The lowest BCUT2D eigenvalue weighted by molar-refractivity contribution is -0.565. The van der Waals surface area contributed by atoms with Crippen molar-refractivity contribution in [2.24, 2.45) is 0 Å². The average molecular weight is 280 g/mol. The van der Waals surface area contributed by atoms with Gasteiger partial charge < -0.3 is 4.74 Å². The van der Waals surface area contributed by atoms with E-state index in [-0.39, 0.29) is 0 Å². The third kappa shape index (κ3) is 3.40. The Hall–Kier alpha value is -1.93. The van der Waals surface area contributed by atoms with E-state index >= 15 is 0 Å². The Labute approximate surface area is 126 Å². The van der Waals surface area contributed by atoms with Gasteiger partial charge in [-0.2, -0.15) is 0 Å². The molecule has 0 unspecified atom stereocenters. The SMILES string of the molecule is COC[C@H](Cc1ccccc1)[N+]1=Cc2ccccc2CC1. The molecular weight excluding hydrogens is 258 g/mol. The van der Waals surface area contributed by atoms with Crippen LogP contribution in [0.4, 0.5) is 0 Å². The van der Waals surface area contributed by atoms with Gasteiger partial charge in [-0.1, -0.05) is 48.5 Å². The second-order valence-electron chi connectivity index (χ2n) is 5.61. The fourth-order valence-electron chi connectivity index (χ4n) is 3.02. The number of fused-ring (bicyclic) bond motifs is 1. The van der Waals surface area contributed by atoms with Crippen LogP contribution in [0.2, 0.25) is 0 Å². The van der Waals surface area contributed by atoms with Crippen LogP contribution in [0.15, 0.2) is 54.6 Å². The van der Waals surface area contributed by atoms with Crippen LogP contribution in [-0.4, -0.2) is 37.1 Å². The van der Waals surface area contributed by atoms with Crippen molar-refractivity contribution in [1.29, 1.82) is 0 Å². The number of rotatable bonds is 5. The molecule has 2 nitrogen and oxygen atoms in total. The highest BCUT2D eigenvalue weighted by Gasteiger charge is 2.24. The van der Waals surface area contributed by atoms with Crippen LogP contribution < -0.4 is 0 Å². The molecule has 2 heteroatoms. The van der Waals surface area contributed by atoms with Gasteiger partial charge in [-0.3, -0.25) is 0 Å². The molecule has 1 aliphatic rings. The molecule has 0 fully saturated rings. The summed E-state index contributed by atoms with van der Waals surface area (Å²) in [5, 5.41) is 0. The second kappa shape index (κ2) is 6.68. The molecule has 1 aliphatic heterocycles. The molecule has 108 valence electrons. The van der Waals surface area contributed by atoms with Crippen molar-refractivity contribution >= 4 is 6.21 Å². The molecular formula is C19H22NO+. The van der Waals surface area contributed by atoms with Gasteiger partial charge in [0.15, 0.2) is 12.3 Å². The second-order valence-corrected chi connectivity index (χ2v) is 5.61. The molecule has 21 heavy (non-hydrogen) atoms. The van der Waals surface area contributed by atoms with Gasteiger partial charge in [-0.05, 0) is 17.2 Å². The molecule has 2 aromatic rings. The Balaban J connectivity index is 1.83. The van der Waals surface area contributed by atoms with Crippen molar-refractivity contribution in [2.75, 3.05) is 20.3 Å². The summed E-state index contributed by atoms with van der Waals surface area (Å²) in [5.74, 6) is 0. The van der Waals surface area contributed by atoms with Crippen molar-refractivity contribution in [3.05, 3.63) is 71.3 Å². The van der Waals surface area contributed by atoms with Crippen LogP contribution in [0.5, 0.6) is 0 Å². The maximum absolute atomic E-state index is 5.46. The van der Waals surface area contributed by atoms with Gasteiger partial charge in [0.25, 0.3) is 0 Å². The van der Waals surface area contributed by atoms with Crippen molar-refractivity contribution in [1.82, 2.24) is 0 Å². The zero-order chi connectivity index (χ0) is 14.5. The monoisotopic (exact) mass is 280 g/mol. The highest BCUT2D eigenvalue weighted by atomic mass is 16.5. The molecule has 2 aromatic carbocycles. The third-order valence-corrected chi connectivity index (χ3v) is 4.14. The first-order valence-electron chi connectivity index (χ1n) is 7.58. The first-order valence-corrected chi connectivity index (χ1v) is 7.58. The highest BCUT2D eigenvalue weighted by molar-refractivity contribution is 5.78. The summed E-state index contributed by atoms with van der Waals surface area (Å²) in [6.45, 7) is 1.82. The summed E-state index contributed by atoms with van der Waals surface area (Å²) in [5.41, 5.74) is 4.16. The van der Waals surface area contributed by atoms with E-state index in [1.54, 1.807) is 7.11 Å². The Morgan fingerprint density at radius 2 is 1.81 bits per heavy atom. The molecule has 3 rings (SSSR count). The lowest BCUT2D eigenvalue weighted by Gasteiger charge is -2.19. The predicted octanol–water partition coefficient (Wildman–Crippen LogP) is 2.93. The highest BCUT2D eigenvalue weighted by Crippen LogP contribution is 2.14. The Morgan fingerprint density at radius 3 is 2.62 bits per heavy atom. The van der Waals surface area contributed by atoms with Crippen LogP contribution in [0.25, 0.3) is 0 Å². The van der Waals surface area contributed by atoms with Crippen LogP contribution >= 0.6 is 0 Å². The van der Waals surface area contributed by atoms with Crippen molar-refractivity contribution in [2.45, 2.75) is 18.9 Å². The number of methoxy groups -OCH3 is 1. The number of nitrogens with zero attached hydrogens (tertiary/aromatic N) is 1. The van der Waals surface area contributed by atoms with Crippen LogP contribution in [-0.2, 0) is 17.6 Å². The van der Waals surface area contributed by atoms with Crippen LogP contribution in [0.3, 0.4) is 0 Å². The maximum Gasteiger partial charge on any atom is 0.179 e. The third-order valence-electron chi connectivity index (χ3n) is 4.14. The van der Waals surface area contributed by atoms with Gasteiger partial charge in [0.1, 0.15) is 13.2 Å². The summed E-state index contributed by atoms with van der Waals surface area (Å²) in [4.78, 5) is 0. The lowest BCUT2D eigenvalue weighted by atomic mass is 10.00. The lowest BCUT2D eigenvalue weighted by Crippen LogP contribution is -2.37. The van der Waals surface area contributed by atoms with E-state index in [0.29, 0.717) is 6.04 Å². The van der Waals surface area contributed by atoms with Crippen molar-refractivity contribution in [3.8, 4) is 0 Å². The molecule has 0 aliphatic carbocycles.